The van der Waals surface area contributed by atoms with E-state index in [4.69, 9.17) is 4.84 Å². The first-order valence-electron chi connectivity index (χ1n) is 5.44. The second-order valence-corrected chi connectivity index (χ2v) is 5.60. The van der Waals surface area contributed by atoms with E-state index in [2.05, 4.69) is 15.7 Å². The van der Waals surface area contributed by atoms with Crippen LogP contribution in [0.2, 0.25) is 0 Å². The Labute approximate surface area is 112 Å². The molecule has 1 N–H and O–H groups in total. The third-order valence-electron chi connectivity index (χ3n) is 2.31. The van der Waals surface area contributed by atoms with Crippen LogP contribution in [-0.4, -0.2) is 20.6 Å². The SMILES string of the molecule is Cn1nc(CSC2=CC(C)(C)ON2)c(C(F)(F)F)n1. The van der Waals surface area contributed by atoms with E-state index in [9.17, 15) is 13.2 Å². The minimum atomic E-state index is -4.49. The molecule has 0 bridgehead atoms. The monoisotopic (exact) mass is 294 g/mol. The molecular formula is C10H13F3N4OS. The lowest BCUT2D eigenvalue weighted by molar-refractivity contribution is -0.141. The summed E-state index contributed by atoms with van der Waals surface area (Å²) in [5.74, 6) is 0.0704. The predicted octanol–water partition coefficient (Wildman–Crippen LogP) is 2.22. The van der Waals surface area contributed by atoms with Gasteiger partial charge in [0.15, 0.2) is 5.69 Å². The molecule has 0 amide bonds. The van der Waals surface area contributed by atoms with Crippen LogP contribution < -0.4 is 5.48 Å². The fraction of sp³-hybridized carbons (Fsp3) is 0.600. The van der Waals surface area contributed by atoms with E-state index in [1.165, 1.54) is 18.8 Å². The maximum atomic E-state index is 12.7. The van der Waals surface area contributed by atoms with Crippen molar-refractivity contribution >= 4 is 11.8 Å². The maximum Gasteiger partial charge on any atom is 0.437 e. The Morgan fingerprint density at radius 2 is 2.11 bits per heavy atom. The summed E-state index contributed by atoms with van der Waals surface area (Å²) in [6.07, 6.45) is -2.68. The molecule has 0 fully saturated rings. The van der Waals surface area contributed by atoms with Crippen LogP contribution in [0.5, 0.6) is 0 Å². The molecule has 0 spiro atoms. The summed E-state index contributed by atoms with van der Waals surface area (Å²) in [7, 11) is 1.36. The van der Waals surface area contributed by atoms with Crippen LogP contribution in [-0.2, 0) is 23.8 Å². The predicted molar refractivity (Wildman–Crippen MR) is 63.7 cm³/mol. The fourth-order valence-electron chi connectivity index (χ4n) is 1.54. The average molecular weight is 294 g/mol. The molecule has 0 radical (unpaired) electrons. The van der Waals surface area contributed by atoms with Crippen LogP contribution in [0.3, 0.4) is 0 Å². The van der Waals surface area contributed by atoms with E-state index in [0.29, 0.717) is 5.03 Å². The summed E-state index contributed by atoms with van der Waals surface area (Å²) in [6.45, 7) is 3.69. The lowest BCUT2D eigenvalue weighted by atomic mass is 10.1. The number of hydrogen-bond donors (Lipinski definition) is 1. The highest BCUT2D eigenvalue weighted by atomic mass is 32.2. The Morgan fingerprint density at radius 3 is 2.63 bits per heavy atom. The summed E-state index contributed by atoms with van der Waals surface area (Å²) in [4.78, 5) is 6.14. The molecule has 106 valence electrons. The van der Waals surface area contributed by atoms with Gasteiger partial charge in [-0.05, 0) is 19.9 Å². The van der Waals surface area contributed by atoms with Gasteiger partial charge in [0.25, 0.3) is 0 Å². The Kier molecular flexibility index (Phi) is 3.52. The van der Waals surface area contributed by atoms with E-state index >= 15 is 0 Å². The molecule has 2 rings (SSSR count). The van der Waals surface area contributed by atoms with Gasteiger partial charge in [0.2, 0.25) is 0 Å². The number of nitrogens with zero attached hydrogens (tertiary/aromatic N) is 3. The second-order valence-electron chi connectivity index (χ2n) is 4.59. The second kappa shape index (κ2) is 4.71. The lowest BCUT2D eigenvalue weighted by Gasteiger charge is -2.11. The summed E-state index contributed by atoms with van der Waals surface area (Å²) in [5, 5.41) is 7.77. The Hall–Kier alpha value is -1.22. The van der Waals surface area contributed by atoms with Gasteiger partial charge in [-0.3, -0.25) is 10.3 Å². The van der Waals surface area contributed by atoms with E-state index in [1.54, 1.807) is 6.08 Å². The Morgan fingerprint density at radius 1 is 1.42 bits per heavy atom. The first kappa shape index (κ1) is 14.2. The number of aromatic nitrogens is 3. The van der Waals surface area contributed by atoms with E-state index in [0.717, 1.165) is 4.80 Å². The molecule has 0 aliphatic carbocycles. The summed E-state index contributed by atoms with van der Waals surface area (Å²) >= 11 is 1.19. The van der Waals surface area contributed by atoms with Crippen LogP contribution in [0, 0.1) is 0 Å². The third-order valence-corrected chi connectivity index (χ3v) is 3.24. The lowest BCUT2D eigenvalue weighted by Crippen LogP contribution is -2.20. The van der Waals surface area contributed by atoms with Gasteiger partial charge in [0.05, 0.1) is 5.03 Å². The highest BCUT2D eigenvalue weighted by Crippen LogP contribution is 2.33. The number of rotatable bonds is 3. The van der Waals surface area contributed by atoms with Gasteiger partial charge >= 0.3 is 6.18 Å². The van der Waals surface area contributed by atoms with Crippen LogP contribution in [0.15, 0.2) is 11.1 Å². The van der Waals surface area contributed by atoms with Gasteiger partial charge in [0.1, 0.15) is 11.3 Å². The minimum Gasteiger partial charge on any atom is -0.265 e. The first-order chi connectivity index (χ1) is 8.67. The highest BCUT2D eigenvalue weighted by molar-refractivity contribution is 8.02. The van der Waals surface area contributed by atoms with E-state index in [1.807, 2.05) is 13.8 Å². The molecule has 0 atom stereocenters. The molecule has 0 saturated heterocycles. The van der Waals surface area contributed by atoms with E-state index in [-0.39, 0.29) is 11.4 Å². The van der Waals surface area contributed by atoms with Gasteiger partial charge in [-0.1, -0.05) is 0 Å². The zero-order valence-corrected chi connectivity index (χ0v) is 11.4. The molecule has 1 aliphatic rings. The van der Waals surface area contributed by atoms with Gasteiger partial charge in [-0.2, -0.15) is 23.1 Å². The molecule has 5 nitrogen and oxygen atoms in total. The van der Waals surface area contributed by atoms with Gasteiger partial charge in [0, 0.05) is 12.8 Å². The number of nitrogens with one attached hydrogen (secondary N) is 1. The van der Waals surface area contributed by atoms with E-state index < -0.39 is 17.5 Å². The van der Waals surface area contributed by atoms with Crippen LogP contribution >= 0.6 is 11.8 Å². The maximum absolute atomic E-state index is 12.7. The number of aryl methyl sites for hydroxylation is 1. The highest BCUT2D eigenvalue weighted by Gasteiger charge is 2.38. The normalized spacial score (nSPS) is 18.3. The molecule has 19 heavy (non-hydrogen) atoms. The molecule has 0 unspecified atom stereocenters. The van der Waals surface area contributed by atoms with Crippen molar-refractivity contribution < 1.29 is 18.0 Å². The summed E-state index contributed by atoms with van der Waals surface area (Å²) in [5.41, 5.74) is 1.18. The van der Waals surface area contributed by atoms with Crippen LogP contribution in [0.25, 0.3) is 0 Å². The molecule has 1 aromatic rings. The van der Waals surface area contributed by atoms with Gasteiger partial charge in [-0.15, -0.1) is 16.9 Å². The topological polar surface area (TPSA) is 52.0 Å². The average Bonchev–Trinajstić information content (AvgIpc) is 2.78. The molecule has 9 heteroatoms. The zero-order valence-electron chi connectivity index (χ0n) is 10.6. The number of alkyl halides is 3. The van der Waals surface area contributed by atoms with Crippen molar-refractivity contribution in [3.63, 3.8) is 0 Å². The molecule has 1 aromatic heterocycles. The zero-order chi connectivity index (χ0) is 14.3. The number of hydroxylamine groups is 1. The van der Waals surface area contributed by atoms with Gasteiger partial charge in [-0.25, -0.2) is 0 Å². The van der Waals surface area contributed by atoms with Crippen molar-refractivity contribution in [2.75, 3.05) is 0 Å². The largest absolute Gasteiger partial charge is 0.437 e. The Bertz CT molecular complexity index is 509. The third kappa shape index (κ3) is 3.41. The molecule has 0 aromatic carbocycles. The number of halogens is 3. The smallest absolute Gasteiger partial charge is 0.265 e. The quantitative estimate of drug-likeness (QED) is 0.926. The number of thioether (sulfide) groups is 1. The van der Waals surface area contributed by atoms with Crippen molar-refractivity contribution in [3.8, 4) is 0 Å². The molecule has 1 aliphatic heterocycles. The Balaban J connectivity index is 2.09. The van der Waals surface area contributed by atoms with Crippen molar-refractivity contribution in [1.29, 1.82) is 0 Å². The van der Waals surface area contributed by atoms with Gasteiger partial charge < -0.3 is 0 Å². The van der Waals surface area contributed by atoms with Crippen LogP contribution in [0.1, 0.15) is 25.2 Å². The summed E-state index contributed by atoms with van der Waals surface area (Å²) in [6, 6.07) is 0. The minimum absolute atomic E-state index is 0.0704. The van der Waals surface area contributed by atoms with Crippen molar-refractivity contribution in [2.45, 2.75) is 31.4 Å². The molecular weight excluding hydrogens is 281 g/mol. The standard InChI is InChI=1S/C10H13F3N4OS/c1-9(2)4-7(16-18-9)19-5-6-8(10(11,12)13)15-17(3)14-6/h4,16H,5H2,1-3H3. The number of hydrogen-bond acceptors (Lipinski definition) is 5. The fourth-order valence-corrected chi connectivity index (χ4v) is 2.49. The first-order valence-corrected chi connectivity index (χ1v) is 6.43. The summed E-state index contributed by atoms with van der Waals surface area (Å²) < 4.78 is 38.1. The van der Waals surface area contributed by atoms with Crippen molar-refractivity contribution in [2.24, 2.45) is 7.05 Å². The van der Waals surface area contributed by atoms with Crippen molar-refractivity contribution in [1.82, 2.24) is 20.5 Å². The molecule has 2 heterocycles. The molecule has 0 saturated carbocycles. The van der Waals surface area contributed by atoms with Crippen molar-refractivity contribution in [3.05, 3.63) is 22.5 Å². The van der Waals surface area contributed by atoms with Crippen LogP contribution in [0.4, 0.5) is 13.2 Å².